The maximum absolute atomic E-state index is 13.9. The van der Waals surface area contributed by atoms with E-state index in [1.807, 2.05) is 0 Å². The number of benzene rings is 1. The molecule has 8 heteroatoms. The van der Waals surface area contributed by atoms with Gasteiger partial charge in [-0.1, -0.05) is 0 Å². The summed E-state index contributed by atoms with van der Waals surface area (Å²) in [6.45, 7) is 0.515. The third-order valence-electron chi connectivity index (χ3n) is 3.33. The Bertz CT molecular complexity index is 594. The van der Waals surface area contributed by atoms with Crippen LogP contribution >= 0.6 is 0 Å². The van der Waals surface area contributed by atoms with E-state index in [-0.39, 0.29) is 35.5 Å². The highest BCUT2D eigenvalue weighted by Gasteiger charge is 2.38. The smallest absolute Gasteiger partial charge is 0.243 e. The third kappa shape index (κ3) is 3.28. The number of hydrogen-bond acceptors (Lipinski definition) is 5. The molecule has 21 heavy (non-hydrogen) atoms. The molecule has 0 heterocycles. The molecule has 0 unspecified atom stereocenters. The minimum atomic E-state index is -3.80. The van der Waals surface area contributed by atoms with Crippen molar-refractivity contribution in [1.29, 1.82) is 0 Å². The van der Waals surface area contributed by atoms with Crippen LogP contribution in [0.4, 0.5) is 10.1 Å². The average molecular weight is 318 g/mol. The van der Waals surface area contributed by atoms with Crippen molar-refractivity contribution in [2.45, 2.75) is 23.8 Å². The lowest BCUT2D eigenvalue weighted by molar-refractivity contribution is 0.177. The van der Waals surface area contributed by atoms with E-state index in [0.29, 0.717) is 0 Å². The van der Waals surface area contributed by atoms with Crippen LogP contribution in [0.5, 0.6) is 5.75 Å². The minimum absolute atomic E-state index is 0.0430. The fourth-order valence-electron chi connectivity index (χ4n) is 2.13. The molecule has 0 aliphatic heterocycles. The molecule has 0 atom stereocenters. The molecule has 1 aromatic rings. The van der Waals surface area contributed by atoms with E-state index in [1.165, 1.54) is 24.6 Å². The molecule has 1 aliphatic rings. The van der Waals surface area contributed by atoms with Crippen LogP contribution in [0.3, 0.4) is 0 Å². The van der Waals surface area contributed by atoms with Gasteiger partial charge in [-0.15, -0.1) is 0 Å². The van der Waals surface area contributed by atoms with Gasteiger partial charge in [-0.25, -0.2) is 12.8 Å². The summed E-state index contributed by atoms with van der Waals surface area (Å²) in [5.74, 6) is -0.942. The van der Waals surface area contributed by atoms with Crippen molar-refractivity contribution in [2.75, 3.05) is 33.1 Å². The summed E-state index contributed by atoms with van der Waals surface area (Å²) in [5, 5.41) is 0. The average Bonchev–Trinajstić information content (AvgIpc) is 3.23. The Kier molecular flexibility index (Phi) is 4.70. The molecule has 0 aromatic heterocycles. The summed E-state index contributed by atoms with van der Waals surface area (Å²) >= 11 is 0. The van der Waals surface area contributed by atoms with Crippen molar-refractivity contribution in [2.24, 2.45) is 0 Å². The maximum Gasteiger partial charge on any atom is 0.243 e. The van der Waals surface area contributed by atoms with Crippen molar-refractivity contribution in [3.8, 4) is 5.75 Å². The topological polar surface area (TPSA) is 81.9 Å². The second kappa shape index (κ2) is 6.17. The van der Waals surface area contributed by atoms with Crippen molar-refractivity contribution in [1.82, 2.24) is 4.31 Å². The molecular formula is C13H19FN2O4S. The number of nitrogens with two attached hydrogens (primary N) is 1. The number of nitrogens with zero attached hydrogens (tertiary/aromatic N) is 1. The van der Waals surface area contributed by atoms with Crippen LogP contribution in [0.15, 0.2) is 17.0 Å². The Morgan fingerprint density at radius 1 is 1.38 bits per heavy atom. The van der Waals surface area contributed by atoms with Gasteiger partial charge in [0.2, 0.25) is 10.0 Å². The molecular weight excluding hydrogens is 299 g/mol. The van der Waals surface area contributed by atoms with E-state index in [9.17, 15) is 12.8 Å². The van der Waals surface area contributed by atoms with E-state index < -0.39 is 15.8 Å². The van der Waals surface area contributed by atoms with Crippen molar-refractivity contribution < 1.29 is 22.3 Å². The van der Waals surface area contributed by atoms with E-state index in [0.717, 1.165) is 18.9 Å². The molecule has 1 aromatic carbocycles. The first-order valence-corrected chi connectivity index (χ1v) is 7.99. The first-order chi connectivity index (χ1) is 9.91. The maximum atomic E-state index is 13.9. The summed E-state index contributed by atoms with van der Waals surface area (Å²) in [7, 11) is -1.02. The summed E-state index contributed by atoms with van der Waals surface area (Å²) in [5.41, 5.74) is 5.61. The van der Waals surface area contributed by atoms with E-state index in [4.69, 9.17) is 15.2 Å². The number of methoxy groups -OCH3 is 2. The highest BCUT2D eigenvalue weighted by Crippen LogP contribution is 2.34. The normalized spacial score (nSPS) is 15.4. The van der Waals surface area contributed by atoms with E-state index in [2.05, 4.69) is 0 Å². The molecule has 2 rings (SSSR count). The lowest BCUT2D eigenvalue weighted by atomic mass is 10.3. The SMILES string of the molecule is COCCN(C1CC1)S(=O)(=O)c1cc(N)c(OC)c(F)c1. The van der Waals surface area contributed by atoms with Gasteiger partial charge in [0.05, 0.1) is 24.3 Å². The number of sulfonamides is 1. The van der Waals surface area contributed by atoms with E-state index >= 15 is 0 Å². The summed E-state index contributed by atoms with van der Waals surface area (Å²) in [6.07, 6.45) is 1.61. The number of nitrogen functional groups attached to an aromatic ring is 1. The van der Waals surface area contributed by atoms with Gasteiger partial charge in [0, 0.05) is 19.7 Å². The highest BCUT2D eigenvalue weighted by molar-refractivity contribution is 7.89. The Balaban J connectivity index is 2.37. The molecule has 0 bridgehead atoms. The molecule has 6 nitrogen and oxygen atoms in total. The van der Waals surface area contributed by atoms with Crippen LogP contribution in [0.1, 0.15) is 12.8 Å². The molecule has 118 valence electrons. The largest absolute Gasteiger partial charge is 0.492 e. The van der Waals surface area contributed by atoms with Gasteiger partial charge in [-0.05, 0) is 25.0 Å². The highest BCUT2D eigenvalue weighted by atomic mass is 32.2. The Labute approximate surface area is 123 Å². The molecule has 1 saturated carbocycles. The zero-order valence-corrected chi connectivity index (χ0v) is 12.8. The zero-order chi connectivity index (χ0) is 15.6. The molecule has 0 spiro atoms. The minimum Gasteiger partial charge on any atom is -0.492 e. The van der Waals surface area contributed by atoms with Crippen LogP contribution in [-0.2, 0) is 14.8 Å². The number of rotatable bonds is 7. The van der Waals surface area contributed by atoms with Gasteiger partial charge >= 0.3 is 0 Å². The first-order valence-electron chi connectivity index (χ1n) is 6.55. The predicted octanol–water partition coefficient (Wildman–Crippen LogP) is 1.22. The molecule has 1 fully saturated rings. The lowest BCUT2D eigenvalue weighted by Crippen LogP contribution is -2.36. The summed E-state index contributed by atoms with van der Waals surface area (Å²) in [6, 6.07) is 2.11. The third-order valence-corrected chi connectivity index (χ3v) is 5.26. The molecule has 2 N–H and O–H groups in total. The van der Waals surface area contributed by atoms with E-state index in [1.54, 1.807) is 0 Å². The van der Waals surface area contributed by atoms with Crippen LogP contribution in [0.25, 0.3) is 0 Å². The number of ether oxygens (including phenoxy) is 2. The second-order valence-electron chi connectivity index (χ2n) is 4.87. The van der Waals surface area contributed by atoms with Gasteiger partial charge < -0.3 is 15.2 Å². The number of anilines is 1. The molecule has 0 saturated heterocycles. The fraction of sp³-hybridized carbons (Fsp3) is 0.538. The lowest BCUT2D eigenvalue weighted by Gasteiger charge is -2.22. The van der Waals surface area contributed by atoms with Gasteiger partial charge in [0.1, 0.15) is 0 Å². The van der Waals surface area contributed by atoms with Crippen LogP contribution in [0.2, 0.25) is 0 Å². The van der Waals surface area contributed by atoms with Gasteiger partial charge in [-0.3, -0.25) is 0 Å². The molecule has 0 amide bonds. The van der Waals surface area contributed by atoms with Gasteiger partial charge in [0.25, 0.3) is 0 Å². The molecule has 1 aliphatic carbocycles. The van der Waals surface area contributed by atoms with Crippen molar-refractivity contribution in [3.63, 3.8) is 0 Å². The molecule has 0 radical (unpaired) electrons. The van der Waals surface area contributed by atoms with Crippen LogP contribution in [0, 0.1) is 5.82 Å². The first kappa shape index (κ1) is 16.0. The van der Waals surface area contributed by atoms with Crippen LogP contribution in [-0.4, -0.2) is 46.1 Å². The summed E-state index contributed by atoms with van der Waals surface area (Å²) < 4.78 is 50.2. The van der Waals surface area contributed by atoms with Crippen LogP contribution < -0.4 is 10.5 Å². The summed E-state index contributed by atoms with van der Waals surface area (Å²) in [4.78, 5) is -0.165. The van der Waals surface area contributed by atoms with Gasteiger partial charge in [0.15, 0.2) is 11.6 Å². The second-order valence-corrected chi connectivity index (χ2v) is 6.76. The standard InChI is InChI=1S/C13H19FN2O4S/c1-19-6-5-16(9-3-4-9)21(17,18)10-7-11(14)13(20-2)12(15)8-10/h7-9H,3-6,15H2,1-2H3. The Morgan fingerprint density at radius 2 is 2.05 bits per heavy atom. The van der Waals surface area contributed by atoms with Crippen molar-refractivity contribution >= 4 is 15.7 Å². The Morgan fingerprint density at radius 3 is 2.52 bits per heavy atom. The fourth-order valence-corrected chi connectivity index (χ4v) is 3.85. The quantitative estimate of drug-likeness (QED) is 0.764. The zero-order valence-electron chi connectivity index (χ0n) is 12.0. The van der Waals surface area contributed by atoms with Crippen molar-refractivity contribution in [3.05, 3.63) is 17.9 Å². The monoisotopic (exact) mass is 318 g/mol. The van der Waals surface area contributed by atoms with Gasteiger partial charge in [-0.2, -0.15) is 4.31 Å². The predicted molar refractivity (Wildman–Crippen MR) is 76.2 cm³/mol. The number of halogens is 1. The Hall–Kier alpha value is -1.38. The number of hydrogen-bond donors (Lipinski definition) is 1.